The van der Waals surface area contributed by atoms with Crippen LogP contribution in [0.4, 0.5) is 23.1 Å². The first-order chi connectivity index (χ1) is 11.2. The van der Waals surface area contributed by atoms with Gasteiger partial charge in [-0.1, -0.05) is 18.3 Å². The van der Waals surface area contributed by atoms with Gasteiger partial charge in [0.1, 0.15) is 4.88 Å². The van der Waals surface area contributed by atoms with Crippen LogP contribution in [0, 0.1) is 0 Å². The number of nitrogens with one attached hydrogen (secondary N) is 2. The van der Waals surface area contributed by atoms with Crippen molar-refractivity contribution in [3.8, 4) is 0 Å². The number of nitrogens with zero attached hydrogens (tertiary/aromatic N) is 2. The van der Waals surface area contributed by atoms with E-state index in [9.17, 15) is 22.8 Å². The molecule has 0 spiro atoms. The van der Waals surface area contributed by atoms with E-state index in [1.807, 2.05) is 6.92 Å². The van der Waals surface area contributed by atoms with E-state index in [1.54, 1.807) is 4.90 Å². The van der Waals surface area contributed by atoms with Gasteiger partial charge in [0, 0.05) is 12.1 Å². The summed E-state index contributed by atoms with van der Waals surface area (Å²) in [5, 5.41) is 13.6. The highest BCUT2D eigenvalue weighted by atomic mass is 32.1. The highest BCUT2D eigenvalue weighted by Gasteiger charge is 2.35. The van der Waals surface area contributed by atoms with Crippen molar-refractivity contribution in [1.29, 1.82) is 0 Å². The predicted octanol–water partition coefficient (Wildman–Crippen LogP) is 2.22. The van der Waals surface area contributed by atoms with Crippen LogP contribution in [0.15, 0.2) is 6.20 Å². The molecular formula is C13H17F3N4O3S. The molecule has 0 atom stereocenters. The molecule has 2 rings (SSSR count). The van der Waals surface area contributed by atoms with E-state index in [4.69, 9.17) is 5.11 Å². The topological polar surface area (TPSA) is 94.6 Å². The number of alkyl halides is 3. The Balaban J connectivity index is 1.76. The molecule has 0 saturated heterocycles. The highest BCUT2D eigenvalue weighted by molar-refractivity contribution is 7.15. The molecule has 1 aromatic rings. The Morgan fingerprint density at radius 2 is 2.12 bits per heavy atom. The average molecular weight is 366 g/mol. The van der Waals surface area contributed by atoms with E-state index >= 15 is 0 Å². The molecule has 3 N–H and O–H groups in total. The van der Waals surface area contributed by atoms with Crippen LogP contribution >= 0.6 is 11.3 Å². The molecule has 0 aromatic carbocycles. The van der Waals surface area contributed by atoms with Gasteiger partial charge in [-0.2, -0.15) is 13.2 Å². The van der Waals surface area contributed by atoms with E-state index in [1.165, 1.54) is 0 Å². The lowest BCUT2D eigenvalue weighted by molar-refractivity contribution is -0.139. The van der Waals surface area contributed by atoms with Gasteiger partial charge in [-0.3, -0.25) is 15.0 Å². The van der Waals surface area contributed by atoms with Gasteiger partial charge in [0.25, 0.3) is 0 Å². The van der Waals surface area contributed by atoms with Gasteiger partial charge in [-0.25, -0.2) is 9.78 Å². The predicted molar refractivity (Wildman–Crippen MR) is 81.0 cm³/mol. The summed E-state index contributed by atoms with van der Waals surface area (Å²) in [6.07, 6.45) is -2.62. The van der Waals surface area contributed by atoms with Gasteiger partial charge in [-0.15, -0.1) is 0 Å². The monoisotopic (exact) mass is 366 g/mol. The summed E-state index contributed by atoms with van der Waals surface area (Å²) in [5.41, 5.74) is 0. The largest absolute Gasteiger partial charge is 0.480 e. The zero-order valence-corrected chi connectivity index (χ0v) is 13.6. The minimum absolute atomic E-state index is 0.0561. The van der Waals surface area contributed by atoms with E-state index in [-0.39, 0.29) is 23.8 Å². The average Bonchev–Trinajstić information content (AvgIpc) is 2.88. The standard InChI is InChI=1S/C13H17F3N4O3S/c1-2-20(6-10(21)22)8-3-7(4-8)18-11(23)19-12-17-5-9(24-12)13(14,15)16/h5,7-8H,2-4,6H2,1H3,(H,21,22)(H2,17,18,19,23). The van der Waals surface area contributed by atoms with Crippen LogP contribution in [0.3, 0.4) is 0 Å². The lowest BCUT2D eigenvalue weighted by Gasteiger charge is -2.42. The normalized spacial score (nSPS) is 20.5. The molecule has 1 aromatic heterocycles. The van der Waals surface area contributed by atoms with Crippen molar-refractivity contribution in [3.63, 3.8) is 0 Å². The molecule has 24 heavy (non-hydrogen) atoms. The number of carboxylic acids is 1. The Bertz CT molecular complexity index is 602. The van der Waals surface area contributed by atoms with Crippen molar-refractivity contribution in [1.82, 2.24) is 15.2 Å². The number of urea groups is 1. The Morgan fingerprint density at radius 1 is 1.46 bits per heavy atom. The quantitative estimate of drug-likeness (QED) is 0.718. The maximum Gasteiger partial charge on any atom is 0.427 e. The van der Waals surface area contributed by atoms with E-state index in [2.05, 4.69) is 15.6 Å². The smallest absolute Gasteiger partial charge is 0.427 e. The number of carbonyl (C=O) groups is 2. The van der Waals surface area contributed by atoms with E-state index in [0.29, 0.717) is 36.9 Å². The number of carboxylic acid groups (broad SMARTS) is 1. The summed E-state index contributed by atoms with van der Waals surface area (Å²) >= 11 is 0.355. The number of halogens is 3. The number of likely N-dealkylation sites (N-methyl/N-ethyl adjacent to an activating group) is 1. The van der Waals surface area contributed by atoms with Gasteiger partial charge in [-0.05, 0) is 19.4 Å². The lowest BCUT2D eigenvalue weighted by Crippen LogP contribution is -2.55. The first-order valence-electron chi connectivity index (χ1n) is 7.25. The molecule has 0 aliphatic heterocycles. The number of aromatic nitrogens is 1. The van der Waals surface area contributed by atoms with Gasteiger partial charge in [0.05, 0.1) is 12.7 Å². The number of hydrogen-bond acceptors (Lipinski definition) is 5. The highest BCUT2D eigenvalue weighted by Crippen LogP contribution is 2.35. The summed E-state index contributed by atoms with van der Waals surface area (Å²) in [6.45, 7) is 2.39. The van der Waals surface area contributed by atoms with Crippen LogP contribution in [-0.2, 0) is 11.0 Å². The first kappa shape index (κ1) is 18.5. The van der Waals surface area contributed by atoms with Crippen molar-refractivity contribution in [2.75, 3.05) is 18.4 Å². The number of hydrogen-bond donors (Lipinski definition) is 3. The molecule has 1 heterocycles. The molecule has 1 fully saturated rings. The maximum atomic E-state index is 12.5. The molecule has 7 nitrogen and oxygen atoms in total. The molecule has 1 aliphatic carbocycles. The fourth-order valence-corrected chi connectivity index (χ4v) is 3.14. The third-order valence-electron chi connectivity index (χ3n) is 3.71. The Morgan fingerprint density at radius 3 is 2.62 bits per heavy atom. The molecular weight excluding hydrogens is 349 g/mol. The van der Waals surface area contributed by atoms with Gasteiger partial charge < -0.3 is 10.4 Å². The van der Waals surface area contributed by atoms with Crippen molar-refractivity contribution in [2.45, 2.75) is 38.0 Å². The number of carbonyl (C=O) groups excluding carboxylic acids is 1. The zero-order chi connectivity index (χ0) is 17.9. The van der Waals surface area contributed by atoms with Crippen LogP contribution < -0.4 is 10.6 Å². The first-order valence-corrected chi connectivity index (χ1v) is 8.07. The molecule has 2 amide bonds. The fourth-order valence-electron chi connectivity index (χ4n) is 2.46. The third-order valence-corrected chi connectivity index (χ3v) is 4.67. The van der Waals surface area contributed by atoms with Crippen molar-refractivity contribution in [3.05, 3.63) is 11.1 Å². The van der Waals surface area contributed by atoms with Gasteiger partial charge >= 0.3 is 18.2 Å². The SMILES string of the molecule is CCN(CC(=O)O)C1CC(NC(=O)Nc2ncc(C(F)(F)F)s2)C1. The van der Waals surface area contributed by atoms with E-state index in [0.717, 1.165) is 0 Å². The van der Waals surface area contributed by atoms with Crippen molar-refractivity contribution >= 4 is 28.5 Å². The number of thiazole rings is 1. The second-order valence-corrected chi connectivity index (χ2v) is 6.44. The summed E-state index contributed by atoms with van der Waals surface area (Å²) in [4.78, 5) is 26.9. The molecule has 1 aliphatic rings. The number of amides is 2. The Kier molecular flexibility index (Phi) is 5.65. The minimum Gasteiger partial charge on any atom is -0.480 e. The van der Waals surface area contributed by atoms with Crippen molar-refractivity contribution in [2.24, 2.45) is 0 Å². The summed E-state index contributed by atoms with van der Waals surface area (Å²) in [5.74, 6) is -0.907. The van der Waals surface area contributed by atoms with Crippen LogP contribution in [0.25, 0.3) is 0 Å². The van der Waals surface area contributed by atoms with Gasteiger partial charge in [0.15, 0.2) is 5.13 Å². The van der Waals surface area contributed by atoms with Gasteiger partial charge in [0.2, 0.25) is 0 Å². The van der Waals surface area contributed by atoms with Crippen LogP contribution in [0.5, 0.6) is 0 Å². The number of anilines is 1. The summed E-state index contributed by atoms with van der Waals surface area (Å²) in [7, 11) is 0. The fraction of sp³-hybridized carbons (Fsp3) is 0.615. The third kappa shape index (κ3) is 4.81. The summed E-state index contributed by atoms with van der Waals surface area (Å²) < 4.78 is 37.4. The molecule has 0 unspecified atom stereocenters. The zero-order valence-electron chi connectivity index (χ0n) is 12.8. The lowest BCUT2D eigenvalue weighted by atomic mass is 9.85. The number of aliphatic carboxylic acids is 1. The second-order valence-electron chi connectivity index (χ2n) is 5.40. The second kappa shape index (κ2) is 7.34. The molecule has 134 valence electrons. The Labute approximate surface area is 139 Å². The van der Waals surface area contributed by atoms with Crippen molar-refractivity contribution < 1.29 is 27.9 Å². The Hall–Kier alpha value is -1.88. The maximum absolute atomic E-state index is 12.5. The van der Waals surface area contributed by atoms with E-state index < -0.39 is 23.1 Å². The minimum atomic E-state index is -4.48. The molecule has 11 heteroatoms. The number of rotatable bonds is 6. The molecule has 1 saturated carbocycles. The molecule has 0 bridgehead atoms. The van der Waals surface area contributed by atoms with Crippen LogP contribution in [-0.4, -0.2) is 52.2 Å². The molecule has 0 radical (unpaired) electrons. The van der Waals surface area contributed by atoms with Crippen LogP contribution in [0.1, 0.15) is 24.6 Å². The summed E-state index contributed by atoms with van der Waals surface area (Å²) in [6, 6.07) is -0.684. The van der Waals surface area contributed by atoms with Crippen LogP contribution in [0.2, 0.25) is 0 Å².